The number of likely N-dealkylation sites (N-methyl/N-ethyl adjacent to an activating group) is 2. The highest BCUT2D eigenvalue weighted by Crippen LogP contribution is 2.11. The summed E-state index contributed by atoms with van der Waals surface area (Å²) >= 11 is 0. The maximum absolute atomic E-state index is 2.48. The summed E-state index contributed by atoms with van der Waals surface area (Å²) in [6.07, 6.45) is 2.30. The number of imidazole rings is 1. The lowest BCUT2D eigenvalue weighted by molar-refractivity contribution is -0.671. The molecule has 0 aliphatic heterocycles. The number of hydrogen-bond acceptors (Lipinski definition) is 2. The van der Waals surface area contributed by atoms with Crippen molar-refractivity contribution < 1.29 is 17.0 Å². The second-order valence-corrected chi connectivity index (χ2v) is 6.04. The van der Waals surface area contributed by atoms with E-state index in [-0.39, 0.29) is 12.4 Å². The van der Waals surface area contributed by atoms with E-state index in [1.165, 1.54) is 11.0 Å². The number of benzene rings is 1. The molecular weight excluding hydrogens is 320 g/mol. The van der Waals surface area contributed by atoms with E-state index in [0.29, 0.717) is 0 Å². The van der Waals surface area contributed by atoms with Crippen LogP contribution in [0, 0.1) is 0 Å². The van der Waals surface area contributed by atoms with Crippen molar-refractivity contribution in [2.75, 3.05) is 39.3 Å². The van der Waals surface area contributed by atoms with E-state index in [1.54, 1.807) is 0 Å². The van der Waals surface area contributed by atoms with Gasteiger partial charge in [0.15, 0.2) is 11.0 Å². The van der Waals surface area contributed by atoms with Gasteiger partial charge in [-0.1, -0.05) is 39.8 Å². The van der Waals surface area contributed by atoms with Gasteiger partial charge in [-0.15, -0.1) is 0 Å². The van der Waals surface area contributed by atoms with Gasteiger partial charge in [0, 0.05) is 13.1 Å². The van der Waals surface area contributed by atoms with Crippen molar-refractivity contribution in [2.45, 2.75) is 40.8 Å². The van der Waals surface area contributed by atoms with Crippen molar-refractivity contribution in [3.8, 4) is 0 Å². The highest BCUT2D eigenvalue weighted by Gasteiger charge is 2.16. The van der Waals surface area contributed by atoms with Crippen LogP contribution >= 0.6 is 0 Å². The molecule has 2 rings (SSSR count). The van der Waals surface area contributed by atoms with Crippen LogP contribution in [0.3, 0.4) is 0 Å². The molecule has 2 aromatic rings. The lowest BCUT2D eigenvalue weighted by Gasteiger charge is -2.16. The SMILES string of the molecule is CCN(CC)CCn1c[n+](CCN(CC)CC)c2ccccc21.[Cl-]. The third-order valence-corrected chi connectivity index (χ3v) is 4.88. The summed E-state index contributed by atoms with van der Waals surface area (Å²) in [6.45, 7) is 17.8. The van der Waals surface area contributed by atoms with Crippen molar-refractivity contribution in [3.63, 3.8) is 0 Å². The Morgan fingerprint density at radius 1 is 0.875 bits per heavy atom. The average Bonchev–Trinajstić information content (AvgIpc) is 2.95. The van der Waals surface area contributed by atoms with Crippen LogP contribution < -0.4 is 17.0 Å². The standard InChI is InChI=1S/C19H33N4.ClH/c1-5-20(6-2)13-15-22-17-23(16-14-21(7-3)8-4)19-12-10-9-11-18(19)22;/h9-12,17H,5-8,13-16H2,1-4H3;1H/q+1;/p-1. The molecule has 0 unspecified atom stereocenters. The number of rotatable bonds is 10. The van der Waals surface area contributed by atoms with Crippen molar-refractivity contribution in [1.29, 1.82) is 0 Å². The fraction of sp³-hybridized carbons (Fsp3) is 0.632. The Balaban J connectivity index is 0.00000288. The molecule has 0 saturated heterocycles. The zero-order valence-corrected chi connectivity index (χ0v) is 16.5. The Morgan fingerprint density at radius 3 is 2.08 bits per heavy atom. The number of hydrogen-bond donors (Lipinski definition) is 0. The number of aromatic nitrogens is 2. The van der Waals surface area contributed by atoms with Gasteiger partial charge in [-0.05, 0) is 38.3 Å². The molecule has 1 aromatic heterocycles. The Hall–Kier alpha value is -1.10. The third-order valence-electron chi connectivity index (χ3n) is 4.88. The molecule has 4 nitrogen and oxygen atoms in total. The van der Waals surface area contributed by atoms with Crippen molar-refractivity contribution >= 4 is 11.0 Å². The fourth-order valence-electron chi connectivity index (χ4n) is 3.18. The van der Waals surface area contributed by atoms with Gasteiger partial charge >= 0.3 is 0 Å². The summed E-state index contributed by atoms with van der Waals surface area (Å²) in [5, 5.41) is 0. The quantitative estimate of drug-likeness (QED) is 0.541. The molecule has 0 aliphatic rings. The molecule has 0 radical (unpaired) electrons. The summed E-state index contributed by atoms with van der Waals surface area (Å²) in [7, 11) is 0. The van der Waals surface area contributed by atoms with E-state index in [0.717, 1.165) is 52.4 Å². The number of para-hydroxylation sites is 2. The van der Waals surface area contributed by atoms with Crippen LogP contribution in [-0.2, 0) is 13.1 Å². The van der Waals surface area contributed by atoms with Crippen LogP contribution in [0.25, 0.3) is 11.0 Å². The fourth-order valence-corrected chi connectivity index (χ4v) is 3.18. The van der Waals surface area contributed by atoms with Gasteiger partial charge in [0.05, 0.1) is 0 Å². The second-order valence-electron chi connectivity index (χ2n) is 6.04. The molecule has 136 valence electrons. The Labute approximate surface area is 153 Å². The number of halogens is 1. The molecular formula is C19H33ClN4. The van der Waals surface area contributed by atoms with Crippen LogP contribution in [0.2, 0.25) is 0 Å². The minimum absolute atomic E-state index is 0. The predicted octanol–water partition coefficient (Wildman–Crippen LogP) is -0.384. The average molecular weight is 353 g/mol. The van der Waals surface area contributed by atoms with Crippen LogP contribution in [0.15, 0.2) is 30.6 Å². The van der Waals surface area contributed by atoms with E-state index in [4.69, 9.17) is 0 Å². The lowest BCUT2D eigenvalue weighted by Crippen LogP contribution is -3.00. The van der Waals surface area contributed by atoms with Gasteiger partial charge in [0.25, 0.3) is 0 Å². The van der Waals surface area contributed by atoms with E-state index < -0.39 is 0 Å². The highest BCUT2D eigenvalue weighted by molar-refractivity contribution is 5.71. The Kier molecular flexibility index (Phi) is 9.34. The first-order chi connectivity index (χ1) is 11.2. The second kappa shape index (κ2) is 10.7. The molecule has 0 amide bonds. The molecule has 0 fully saturated rings. The first-order valence-corrected chi connectivity index (χ1v) is 9.15. The van der Waals surface area contributed by atoms with Crippen LogP contribution in [0.4, 0.5) is 0 Å². The van der Waals surface area contributed by atoms with Crippen LogP contribution in [0.1, 0.15) is 27.7 Å². The predicted molar refractivity (Wildman–Crippen MR) is 97.7 cm³/mol. The van der Waals surface area contributed by atoms with Gasteiger partial charge in [0.1, 0.15) is 13.1 Å². The first-order valence-electron chi connectivity index (χ1n) is 9.15. The van der Waals surface area contributed by atoms with E-state index in [1.807, 2.05) is 0 Å². The topological polar surface area (TPSA) is 15.3 Å². The van der Waals surface area contributed by atoms with Crippen molar-refractivity contribution in [1.82, 2.24) is 14.4 Å². The Morgan fingerprint density at radius 2 is 1.46 bits per heavy atom. The largest absolute Gasteiger partial charge is 1.00 e. The minimum atomic E-state index is 0. The van der Waals surface area contributed by atoms with Crippen molar-refractivity contribution in [2.24, 2.45) is 0 Å². The maximum Gasteiger partial charge on any atom is 0.244 e. The lowest BCUT2D eigenvalue weighted by atomic mass is 10.3. The molecule has 0 atom stereocenters. The maximum atomic E-state index is 2.48. The zero-order valence-electron chi connectivity index (χ0n) is 15.7. The molecule has 24 heavy (non-hydrogen) atoms. The summed E-state index contributed by atoms with van der Waals surface area (Å²) in [6, 6.07) is 8.77. The van der Waals surface area contributed by atoms with Crippen molar-refractivity contribution in [3.05, 3.63) is 30.6 Å². The molecule has 0 N–H and O–H groups in total. The Bertz CT molecular complexity index is 538. The smallest absolute Gasteiger partial charge is 0.244 e. The number of nitrogens with zero attached hydrogens (tertiary/aromatic N) is 4. The van der Waals surface area contributed by atoms with Gasteiger partial charge in [-0.25, -0.2) is 9.13 Å². The summed E-state index contributed by atoms with van der Waals surface area (Å²) in [5.41, 5.74) is 2.69. The molecule has 0 aliphatic carbocycles. The van der Waals surface area contributed by atoms with Crippen LogP contribution in [0.5, 0.6) is 0 Å². The van der Waals surface area contributed by atoms with E-state index in [9.17, 15) is 0 Å². The van der Waals surface area contributed by atoms with E-state index >= 15 is 0 Å². The highest BCUT2D eigenvalue weighted by atomic mass is 35.5. The molecule has 0 saturated carbocycles. The number of fused-ring (bicyclic) bond motifs is 1. The van der Waals surface area contributed by atoms with Crippen LogP contribution in [-0.4, -0.2) is 53.6 Å². The first kappa shape index (κ1) is 20.9. The molecule has 0 bridgehead atoms. The van der Waals surface area contributed by atoms with Gasteiger partial charge < -0.3 is 12.4 Å². The normalized spacial score (nSPS) is 11.4. The van der Waals surface area contributed by atoms with Gasteiger partial charge in [-0.2, -0.15) is 0 Å². The minimum Gasteiger partial charge on any atom is -1.00 e. The summed E-state index contributed by atoms with van der Waals surface area (Å²) in [4.78, 5) is 4.96. The molecule has 1 heterocycles. The molecule has 5 heteroatoms. The van der Waals surface area contributed by atoms with Gasteiger partial charge in [-0.3, -0.25) is 9.80 Å². The molecule has 1 aromatic carbocycles. The summed E-state index contributed by atoms with van der Waals surface area (Å²) < 4.78 is 4.83. The third kappa shape index (κ3) is 5.20. The zero-order chi connectivity index (χ0) is 16.7. The molecule has 0 spiro atoms. The van der Waals surface area contributed by atoms with Gasteiger partial charge in [0.2, 0.25) is 6.33 Å². The summed E-state index contributed by atoms with van der Waals surface area (Å²) in [5.74, 6) is 0. The monoisotopic (exact) mass is 352 g/mol. The van der Waals surface area contributed by atoms with E-state index in [2.05, 4.69) is 77.2 Å².